The van der Waals surface area contributed by atoms with E-state index in [1.54, 1.807) is 24.3 Å². The first kappa shape index (κ1) is 27.7. The van der Waals surface area contributed by atoms with Crippen LogP contribution in [-0.4, -0.2) is 62.7 Å². The summed E-state index contributed by atoms with van der Waals surface area (Å²) >= 11 is 12.6. The normalized spacial score (nSPS) is 12.6. The van der Waals surface area contributed by atoms with Crippen molar-refractivity contribution in [3.63, 3.8) is 0 Å². The Morgan fingerprint density at radius 2 is 1.67 bits per heavy atom. The van der Waals surface area contributed by atoms with Crippen LogP contribution in [0.25, 0.3) is 0 Å². The summed E-state index contributed by atoms with van der Waals surface area (Å²) in [5.74, 6) is 0.995. The number of rotatable bonds is 15. The highest BCUT2D eigenvalue weighted by Gasteiger charge is 2.35. The first-order valence-corrected chi connectivity index (χ1v) is 14.0. The first-order valence-electron chi connectivity index (χ1n) is 10.6. The van der Waals surface area contributed by atoms with Gasteiger partial charge in [-0.1, -0.05) is 25.2 Å². The fourth-order valence-corrected chi connectivity index (χ4v) is 6.13. The van der Waals surface area contributed by atoms with Gasteiger partial charge in [0.05, 0.1) is 10.5 Å². The Balaban J connectivity index is 2.30. The number of nitrogens with zero attached hydrogens (tertiary/aromatic N) is 3. The van der Waals surface area contributed by atoms with Gasteiger partial charge in [0.2, 0.25) is 0 Å². The van der Waals surface area contributed by atoms with Crippen LogP contribution in [0.5, 0.6) is 5.75 Å². The number of thiophene rings is 1. The Morgan fingerprint density at radius 3 is 2.18 bits per heavy atom. The average molecular weight is 539 g/mol. The summed E-state index contributed by atoms with van der Waals surface area (Å²) in [6.07, 6.45) is 0.179. The maximum atomic E-state index is 13.3. The van der Waals surface area contributed by atoms with Gasteiger partial charge in [0.25, 0.3) is 0 Å². The largest absolute Gasteiger partial charge is 0.382 e. The van der Waals surface area contributed by atoms with Gasteiger partial charge in [0, 0.05) is 30.5 Å². The molecule has 1 aromatic carbocycles. The maximum absolute atomic E-state index is 13.3. The molecule has 1 aromatic heterocycles. The molecule has 0 saturated heterocycles. The molecule has 0 saturated carbocycles. The molecule has 1 heterocycles. The van der Waals surface area contributed by atoms with Crippen molar-refractivity contribution in [2.75, 3.05) is 49.4 Å². The Hall–Kier alpha value is -1.59. The zero-order valence-electron chi connectivity index (χ0n) is 18.7. The number of halogens is 2. The van der Waals surface area contributed by atoms with E-state index in [1.807, 2.05) is 18.7 Å². The summed E-state index contributed by atoms with van der Waals surface area (Å²) < 4.78 is 32.0. The highest BCUT2D eigenvalue weighted by atomic mass is 35.5. The van der Waals surface area contributed by atoms with Gasteiger partial charge in [-0.25, -0.2) is 0 Å². The third kappa shape index (κ3) is 7.71. The van der Waals surface area contributed by atoms with Gasteiger partial charge in [-0.2, -0.15) is 8.42 Å². The van der Waals surface area contributed by atoms with Gasteiger partial charge in [-0.15, -0.1) is 23.2 Å². The van der Waals surface area contributed by atoms with E-state index in [0.29, 0.717) is 31.4 Å². The smallest absolute Gasteiger partial charge is 0.328 e. The average Bonchev–Trinajstić information content (AvgIpc) is 3.26. The van der Waals surface area contributed by atoms with E-state index in [-0.39, 0.29) is 22.7 Å². The van der Waals surface area contributed by atoms with Crippen molar-refractivity contribution in [2.45, 2.75) is 25.5 Å². The van der Waals surface area contributed by atoms with Gasteiger partial charge in [-0.05, 0) is 61.8 Å². The van der Waals surface area contributed by atoms with E-state index in [0.717, 1.165) is 30.1 Å². The zero-order chi connectivity index (χ0) is 24.4. The fraction of sp³-hybridized carbons (Fsp3) is 0.524. The lowest BCUT2D eigenvalue weighted by Crippen LogP contribution is -2.28. The van der Waals surface area contributed by atoms with E-state index in [1.165, 1.54) is 11.4 Å². The second kappa shape index (κ2) is 13.3. The molecule has 8 nitrogen and oxygen atoms in total. The molecule has 33 heavy (non-hydrogen) atoms. The fourth-order valence-electron chi connectivity index (χ4n) is 3.48. The quantitative estimate of drug-likeness (QED) is 0.134. The van der Waals surface area contributed by atoms with Crippen LogP contribution in [-0.2, 0) is 10.1 Å². The van der Waals surface area contributed by atoms with Crippen LogP contribution in [0.1, 0.15) is 31.1 Å². The summed E-state index contributed by atoms with van der Waals surface area (Å²) in [6.45, 7) is 7.13. The summed E-state index contributed by atoms with van der Waals surface area (Å²) in [4.78, 5) is 15.0. The van der Waals surface area contributed by atoms with Crippen LogP contribution < -0.4 is 9.08 Å². The van der Waals surface area contributed by atoms with Gasteiger partial charge < -0.3 is 14.0 Å². The van der Waals surface area contributed by atoms with Gasteiger partial charge in [0.15, 0.2) is 0 Å². The van der Waals surface area contributed by atoms with E-state index < -0.39 is 20.3 Å². The highest BCUT2D eigenvalue weighted by Crippen LogP contribution is 2.38. The topological polar surface area (TPSA) is 93.0 Å². The molecule has 0 fully saturated rings. The third-order valence-electron chi connectivity index (χ3n) is 5.26. The minimum atomic E-state index is -4.20. The third-order valence-corrected chi connectivity index (χ3v) is 8.09. The first-order chi connectivity index (χ1) is 15.8. The molecule has 0 radical (unpaired) electrons. The molecule has 0 bridgehead atoms. The van der Waals surface area contributed by atoms with E-state index in [2.05, 4.69) is 4.90 Å². The van der Waals surface area contributed by atoms with Crippen LogP contribution in [0.2, 0.25) is 0 Å². The number of benzene rings is 1. The highest BCUT2D eigenvalue weighted by molar-refractivity contribution is 7.87. The molecule has 0 aliphatic heterocycles. The predicted molar refractivity (Wildman–Crippen MR) is 136 cm³/mol. The number of anilines is 1. The van der Waals surface area contributed by atoms with E-state index in [9.17, 15) is 18.5 Å². The second-order valence-corrected chi connectivity index (χ2v) is 10.5. The lowest BCUT2D eigenvalue weighted by atomic mass is 10.1. The Kier molecular flexibility index (Phi) is 11.2. The SMILES string of the molecule is CCN(CC)CCC(c1ccsc1[N+](=O)[O-])S(=O)(=O)Oc1ccc(N(CCCl)CCCl)cc1. The molecule has 1 atom stereocenters. The van der Waals surface area contributed by atoms with Crippen LogP contribution >= 0.6 is 34.5 Å². The van der Waals surface area contributed by atoms with E-state index in [4.69, 9.17) is 27.4 Å². The van der Waals surface area contributed by atoms with Crippen molar-refractivity contribution >= 4 is 55.3 Å². The van der Waals surface area contributed by atoms with Crippen molar-refractivity contribution in [3.05, 3.63) is 51.4 Å². The lowest BCUT2D eigenvalue weighted by molar-refractivity contribution is -0.380. The van der Waals surface area contributed by atoms with Crippen molar-refractivity contribution in [1.29, 1.82) is 0 Å². The molecule has 12 heteroatoms. The maximum Gasteiger partial charge on any atom is 0.328 e. The number of hydrogen-bond acceptors (Lipinski definition) is 8. The van der Waals surface area contributed by atoms with Crippen molar-refractivity contribution < 1.29 is 17.5 Å². The number of hydrogen-bond donors (Lipinski definition) is 0. The van der Waals surface area contributed by atoms with Crippen molar-refractivity contribution in [1.82, 2.24) is 4.90 Å². The standard InChI is InChI=1S/C21H29Cl2N3O5S2/c1-3-24(4-2)13-9-20(19-10-16-32-21(19)26(27)28)33(29,30)31-18-7-5-17(6-8-18)25(14-11-22)15-12-23/h5-8,10,16,20H,3-4,9,11-15H2,1-2H3. The molecular weight excluding hydrogens is 509 g/mol. The monoisotopic (exact) mass is 537 g/mol. The molecule has 0 aliphatic carbocycles. The number of nitro groups is 1. The second-order valence-electron chi connectivity index (χ2n) is 7.18. The van der Waals surface area contributed by atoms with Crippen LogP contribution in [0.4, 0.5) is 10.7 Å². The van der Waals surface area contributed by atoms with Crippen molar-refractivity contribution in [3.8, 4) is 5.75 Å². The summed E-state index contributed by atoms with van der Waals surface area (Å²) in [6, 6.07) is 8.09. The molecule has 2 aromatic rings. The zero-order valence-corrected chi connectivity index (χ0v) is 21.8. The molecular formula is C21H29Cl2N3O5S2. The molecule has 2 rings (SSSR count). The molecule has 1 unspecified atom stereocenters. The molecule has 0 N–H and O–H groups in total. The molecule has 0 spiro atoms. The summed E-state index contributed by atoms with van der Waals surface area (Å²) in [5.41, 5.74) is 0.997. The Morgan fingerprint density at radius 1 is 1.06 bits per heavy atom. The summed E-state index contributed by atoms with van der Waals surface area (Å²) in [7, 11) is -4.20. The predicted octanol–water partition coefficient (Wildman–Crippen LogP) is 5.12. The Labute approximate surface area is 209 Å². The van der Waals surface area contributed by atoms with Gasteiger partial charge in [-0.3, -0.25) is 10.1 Å². The van der Waals surface area contributed by atoms with Crippen LogP contribution in [0, 0.1) is 10.1 Å². The minimum Gasteiger partial charge on any atom is -0.382 e. The Bertz CT molecular complexity index is 976. The van der Waals surface area contributed by atoms with Crippen molar-refractivity contribution in [2.24, 2.45) is 0 Å². The van der Waals surface area contributed by atoms with Crippen LogP contribution in [0.15, 0.2) is 35.7 Å². The minimum absolute atomic E-state index is 0.140. The molecule has 0 aliphatic rings. The lowest BCUT2D eigenvalue weighted by Gasteiger charge is -2.24. The molecule has 184 valence electrons. The van der Waals surface area contributed by atoms with Gasteiger partial charge in [0.1, 0.15) is 11.0 Å². The number of alkyl halides is 2. The summed E-state index contributed by atoms with van der Waals surface area (Å²) in [5, 5.41) is 11.7. The van der Waals surface area contributed by atoms with Gasteiger partial charge >= 0.3 is 15.1 Å². The van der Waals surface area contributed by atoms with Crippen LogP contribution in [0.3, 0.4) is 0 Å². The molecule has 0 amide bonds. The van der Waals surface area contributed by atoms with E-state index >= 15 is 0 Å².